The zero-order chi connectivity index (χ0) is 15.6. The summed E-state index contributed by atoms with van der Waals surface area (Å²) in [6.45, 7) is 1.66. The van der Waals surface area contributed by atoms with Crippen molar-refractivity contribution in [3.63, 3.8) is 0 Å². The number of rotatable bonds is 3. The number of hydrogen-bond acceptors (Lipinski definition) is 5. The number of benzene rings is 1. The van der Waals surface area contributed by atoms with Crippen LogP contribution in [0.25, 0.3) is 0 Å². The van der Waals surface area contributed by atoms with Crippen molar-refractivity contribution in [1.82, 2.24) is 4.98 Å². The maximum atomic E-state index is 12.1. The smallest absolute Gasteiger partial charge is 0.350 e. The van der Waals surface area contributed by atoms with Crippen LogP contribution < -0.4 is 5.32 Å². The van der Waals surface area contributed by atoms with E-state index in [1.807, 2.05) is 0 Å². The Balaban J connectivity index is 2.19. The number of hydrogen-bond donors (Lipinski definition) is 1. The molecule has 8 heteroatoms. The Bertz CT molecular complexity index is 715. The first-order chi connectivity index (χ1) is 9.92. The zero-order valence-electron chi connectivity index (χ0n) is 11.1. The van der Waals surface area contributed by atoms with Gasteiger partial charge in [-0.05, 0) is 25.1 Å². The minimum atomic E-state index is -0.486. The lowest BCUT2D eigenvalue weighted by Gasteiger charge is -2.03. The summed E-state index contributed by atoms with van der Waals surface area (Å²) in [5.74, 6) is -0.876. The third kappa shape index (κ3) is 3.53. The standard InChI is InChI=1S/C13H10Cl2N2O3S/c1-6-10(12(19)20-2)21-13(16-6)17-11(18)7-3-4-8(14)9(15)5-7/h3-5H,1-2H3,(H,16,17,18). The lowest BCUT2D eigenvalue weighted by atomic mass is 10.2. The molecule has 21 heavy (non-hydrogen) atoms. The van der Waals surface area contributed by atoms with Gasteiger partial charge in [-0.1, -0.05) is 34.5 Å². The summed E-state index contributed by atoms with van der Waals surface area (Å²) < 4.78 is 4.64. The summed E-state index contributed by atoms with van der Waals surface area (Å²) in [5, 5.41) is 3.57. The van der Waals surface area contributed by atoms with E-state index < -0.39 is 11.9 Å². The highest BCUT2D eigenvalue weighted by Crippen LogP contribution is 2.25. The molecule has 1 amide bonds. The molecule has 0 saturated carbocycles. The Labute approximate surface area is 134 Å². The number of halogens is 2. The molecule has 0 radical (unpaired) electrons. The van der Waals surface area contributed by atoms with Crippen LogP contribution in [0, 0.1) is 6.92 Å². The molecule has 110 valence electrons. The van der Waals surface area contributed by atoms with Crippen molar-refractivity contribution < 1.29 is 14.3 Å². The third-order valence-corrected chi connectivity index (χ3v) is 4.36. The molecule has 1 aromatic heterocycles. The van der Waals surface area contributed by atoms with E-state index in [1.54, 1.807) is 13.0 Å². The predicted molar refractivity (Wildman–Crippen MR) is 82.6 cm³/mol. The van der Waals surface area contributed by atoms with Crippen molar-refractivity contribution in [2.24, 2.45) is 0 Å². The van der Waals surface area contributed by atoms with Gasteiger partial charge in [-0.2, -0.15) is 0 Å². The molecule has 0 unspecified atom stereocenters. The molecule has 0 aliphatic heterocycles. The maximum absolute atomic E-state index is 12.1. The van der Waals surface area contributed by atoms with Gasteiger partial charge >= 0.3 is 5.97 Å². The molecule has 0 aliphatic rings. The van der Waals surface area contributed by atoms with Crippen LogP contribution in [-0.4, -0.2) is 24.0 Å². The molecule has 1 heterocycles. The Morgan fingerprint density at radius 2 is 2.00 bits per heavy atom. The fourth-order valence-corrected chi connectivity index (χ4v) is 2.72. The van der Waals surface area contributed by atoms with E-state index >= 15 is 0 Å². The number of esters is 1. The zero-order valence-corrected chi connectivity index (χ0v) is 13.4. The van der Waals surface area contributed by atoms with Gasteiger partial charge in [-0.15, -0.1) is 0 Å². The predicted octanol–water partition coefficient (Wildman–Crippen LogP) is 3.80. The molecule has 1 N–H and O–H groups in total. The van der Waals surface area contributed by atoms with E-state index in [0.717, 1.165) is 11.3 Å². The number of ether oxygens (including phenoxy) is 1. The fraction of sp³-hybridized carbons (Fsp3) is 0.154. The number of aryl methyl sites for hydroxylation is 1. The Hall–Kier alpha value is -1.63. The SMILES string of the molecule is COC(=O)c1sc(NC(=O)c2ccc(Cl)c(Cl)c2)nc1C. The van der Waals surface area contributed by atoms with Crippen LogP contribution in [0.1, 0.15) is 25.7 Å². The van der Waals surface area contributed by atoms with Crippen LogP contribution in [0.3, 0.4) is 0 Å². The molecule has 0 bridgehead atoms. The Morgan fingerprint density at radius 1 is 1.29 bits per heavy atom. The van der Waals surface area contributed by atoms with E-state index in [4.69, 9.17) is 23.2 Å². The van der Waals surface area contributed by atoms with E-state index in [0.29, 0.717) is 26.3 Å². The van der Waals surface area contributed by atoms with Crippen molar-refractivity contribution in [2.45, 2.75) is 6.92 Å². The molecule has 0 spiro atoms. The van der Waals surface area contributed by atoms with Crippen LogP contribution in [0.5, 0.6) is 0 Å². The summed E-state index contributed by atoms with van der Waals surface area (Å²) in [4.78, 5) is 28.0. The lowest BCUT2D eigenvalue weighted by molar-refractivity contribution is 0.0605. The van der Waals surface area contributed by atoms with Crippen LogP contribution in [-0.2, 0) is 4.74 Å². The van der Waals surface area contributed by atoms with Gasteiger partial charge in [-0.3, -0.25) is 10.1 Å². The molecule has 2 aromatic rings. The minimum absolute atomic E-state index is 0.287. The molecular formula is C13H10Cl2N2O3S. The fourth-order valence-electron chi connectivity index (χ4n) is 1.54. The van der Waals surface area contributed by atoms with Crippen molar-refractivity contribution in [2.75, 3.05) is 12.4 Å². The quantitative estimate of drug-likeness (QED) is 0.860. The topological polar surface area (TPSA) is 68.3 Å². The summed E-state index contributed by atoms with van der Waals surface area (Å²) in [6, 6.07) is 4.54. The third-order valence-electron chi connectivity index (χ3n) is 2.57. The number of anilines is 1. The van der Waals surface area contributed by atoms with E-state index in [1.165, 1.54) is 19.2 Å². The molecule has 2 rings (SSSR count). The monoisotopic (exact) mass is 344 g/mol. The van der Waals surface area contributed by atoms with Crippen molar-refractivity contribution >= 4 is 51.5 Å². The van der Waals surface area contributed by atoms with Crippen LogP contribution >= 0.6 is 34.5 Å². The molecular weight excluding hydrogens is 335 g/mol. The van der Waals surface area contributed by atoms with Crippen LogP contribution in [0.2, 0.25) is 10.0 Å². The number of thiazole rings is 1. The van der Waals surface area contributed by atoms with Gasteiger partial charge in [0.2, 0.25) is 0 Å². The molecule has 0 saturated heterocycles. The summed E-state index contributed by atoms with van der Waals surface area (Å²) in [7, 11) is 1.29. The van der Waals surface area contributed by atoms with E-state index in [9.17, 15) is 9.59 Å². The molecule has 0 atom stereocenters. The van der Waals surface area contributed by atoms with Gasteiger partial charge in [0, 0.05) is 5.56 Å². The number of carbonyl (C=O) groups excluding carboxylic acids is 2. The molecule has 1 aromatic carbocycles. The van der Waals surface area contributed by atoms with Gasteiger partial charge in [0.15, 0.2) is 5.13 Å². The number of nitrogens with zero attached hydrogens (tertiary/aromatic N) is 1. The summed E-state index contributed by atoms with van der Waals surface area (Å²) in [6.07, 6.45) is 0. The first kappa shape index (κ1) is 15.8. The van der Waals surface area contributed by atoms with E-state index in [-0.39, 0.29) is 5.02 Å². The van der Waals surface area contributed by atoms with Gasteiger partial charge < -0.3 is 4.74 Å². The highest BCUT2D eigenvalue weighted by Gasteiger charge is 2.17. The summed E-state index contributed by atoms with van der Waals surface area (Å²) >= 11 is 12.7. The molecule has 5 nitrogen and oxygen atoms in total. The second kappa shape index (κ2) is 6.43. The number of methoxy groups -OCH3 is 1. The lowest BCUT2D eigenvalue weighted by Crippen LogP contribution is -2.11. The Kier molecular flexibility index (Phi) is 4.82. The van der Waals surface area contributed by atoms with Gasteiger partial charge in [0.1, 0.15) is 4.88 Å². The number of nitrogens with one attached hydrogen (secondary N) is 1. The maximum Gasteiger partial charge on any atom is 0.350 e. The molecule has 0 aliphatic carbocycles. The average molecular weight is 345 g/mol. The second-order valence-electron chi connectivity index (χ2n) is 4.01. The van der Waals surface area contributed by atoms with Gasteiger partial charge in [-0.25, -0.2) is 9.78 Å². The normalized spacial score (nSPS) is 10.3. The summed E-state index contributed by atoms with van der Waals surface area (Å²) in [5.41, 5.74) is 0.841. The highest BCUT2D eigenvalue weighted by molar-refractivity contribution is 7.17. The largest absolute Gasteiger partial charge is 0.465 e. The number of aromatic nitrogens is 1. The number of amides is 1. The second-order valence-corrected chi connectivity index (χ2v) is 5.82. The van der Waals surface area contributed by atoms with E-state index in [2.05, 4.69) is 15.0 Å². The Morgan fingerprint density at radius 3 is 2.62 bits per heavy atom. The van der Waals surface area contributed by atoms with Gasteiger partial charge in [0.25, 0.3) is 5.91 Å². The highest BCUT2D eigenvalue weighted by atomic mass is 35.5. The van der Waals surface area contributed by atoms with Crippen molar-refractivity contribution in [1.29, 1.82) is 0 Å². The van der Waals surface area contributed by atoms with Crippen molar-refractivity contribution in [3.8, 4) is 0 Å². The molecule has 0 fully saturated rings. The first-order valence-electron chi connectivity index (χ1n) is 5.74. The first-order valence-corrected chi connectivity index (χ1v) is 7.31. The van der Waals surface area contributed by atoms with Crippen LogP contribution in [0.4, 0.5) is 5.13 Å². The van der Waals surface area contributed by atoms with Crippen LogP contribution in [0.15, 0.2) is 18.2 Å². The number of carbonyl (C=O) groups is 2. The minimum Gasteiger partial charge on any atom is -0.465 e. The van der Waals surface area contributed by atoms with Gasteiger partial charge in [0.05, 0.1) is 22.8 Å². The van der Waals surface area contributed by atoms with Crippen molar-refractivity contribution in [3.05, 3.63) is 44.4 Å². The average Bonchev–Trinajstić information content (AvgIpc) is 2.81.